The molecule has 0 saturated carbocycles. The molecule has 1 unspecified atom stereocenters. The zero-order valence-corrected chi connectivity index (χ0v) is 21.7. The third-order valence-corrected chi connectivity index (χ3v) is 8.45. The predicted octanol–water partition coefficient (Wildman–Crippen LogP) is 5.46. The Kier molecular flexibility index (Phi) is 6.45. The van der Waals surface area contributed by atoms with Gasteiger partial charge in [-0.25, -0.2) is 23.2 Å². The molecule has 10 nitrogen and oxygen atoms in total. The molecule has 1 amide bonds. The summed E-state index contributed by atoms with van der Waals surface area (Å²) in [5, 5.41) is 15.1. The number of rotatable bonds is 7. The fourth-order valence-corrected chi connectivity index (χ4v) is 5.14. The summed E-state index contributed by atoms with van der Waals surface area (Å²) >= 11 is 0. The highest BCUT2D eigenvalue weighted by Crippen LogP contribution is 2.32. The Labute approximate surface area is 218 Å². The molecular weight excluding hydrogens is 506 g/mol. The maximum absolute atomic E-state index is 12.4. The molecule has 3 heterocycles. The van der Waals surface area contributed by atoms with E-state index in [2.05, 4.69) is 20.4 Å². The van der Waals surface area contributed by atoms with E-state index in [-0.39, 0.29) is 10.9 Å². The number of benzene rings is 2. The molecule has 38 heavy (non-hydrogen) atoms. The molecular formula is C27H25N5O5S. The number of nitrogens with zero attached hydrogens (tertiary/aromatic N) is 3. The van der Waals surface area contributed by atoms with Crippen molar-refractivity contribution in [2.75, 3.05) is 0 Å². The molecule has 0 saturated heterocycles. The van der Waals surface area contributed by atoms with Crippen LogP contribution in [0.3, 0.4) is 0 Å². The number of aromatic nitrogens is 4. The van der Waals surface area contributed by atoms with Crippen molar-refractivity contribution in [3.05, 3.63) is 72.6 Å². The second kappa shape index (κ2) is 9.75. The van der Waals surface area contributed by atoms with E-state index in [1.807, 2.05) is 24.3 Å². The van der Waals surface area contributed by atoms with Gasteiger partial charge >= 0.3 is 6.09 Å². The summed E-state index contributed by atoms with van der Waals surface area (Å²) in [6, 6.07) is 15.4. The standard InChI is InChI=1S/C27H25N5O5S/c1-15(2)38(35,36)20-9-7-17(8-10-20)23-14-29-26-25(31-23)21(13-28-26)24-12-22(32-37-24)19-6-4-5-18(11-19)16(3)30-27(33)34/h4-16,30H,1-3H3,(H,28,29)(H,33,34). The quantitative estimate of drug-likeness (QED) is 0.250. The van der Waals surface area contributed by atoms with Crippen LogP contribution < -0.4 is 5.32 Å². The number of nitrogens with one attached hydrogen (secondary N) is 2. The lowest BCUT2D eigenvalue weighted by molar-refractivity contribution is 0.191. The summed E-state index contributed by atoms with van der Waals surface area (Å²) in [5.74, 6) is 0.484. The summed E-state index contributed by atoms with van der Waals surface area (Å²) in [6.07, 6.45) is 2.27. The zero-order chi connectivity index (χ0) is 27.0. The minimum atomic E-state index is -3.37. The third kappa shape index (κ3) is 4.75. The van der Waals surface area contributed by atoms with Crippen LogP contribution in [0.5, 0.6) is 0 Å². The summed E-state index contributed by atoms with van der Waals surface area (Å²) in [4.78, 5) is 23.6. The minimum absolute atomic E-state index is 0.263. The smallest absolute Gasteiger partial charge is 0.405 e. The van der Waals surface area contributed by atoms with Gasteiger partial charge in [0.15, 0.2) is 21.2 Å². The monoisotopic (exact) mass is 531 g/mol. The van der Waals surface area contributed by atoms with Crippen LogP contribution in [-0.4, -0.2) is 45.0 Å². The van der Waals surface area contributed by atoms with E-state index in [9.17, 15) is 13.2 Å². The van der Waals surface area contributed by atoms with Gasteiger partial charge in [0.05, 0.1) is 33.6 Å². The molecule has 0 fully saturated rings. The summed E-state index contributed by atoms with van der Waals surface area (Å²) in [5.41, 5.74) is 5.29. The van der Waals surface area contributed by atoms with Gasteiger partial charge in [0, 0.05) is 23.4 Å². The molecule has 0 spiro atoms. The molecule has 3 N–H and O–H groups in total. The lowest BCUT2D eigenvalue weighted by atomic mass is 10.0. The predicted molar refractivity (Wildman–Crippen MR) is 142 cm³/mol. The van der Waals surface area contributed by atoms with Crippen LogP contribution in [0.15, 0.2) is 76.4 Å². The summed E-state index contributed by atoms with van der Waals surface area (Å²) in [7, 11) is -3.37. The van der Waals surface area contributed by atoms with E-state index >= 15 is 0 Å². The van der Waals surface area contributed by atoms with Crippen LogP contribution >= 0.6 is 0 Å². The average Bonchev–Trinajstić information content (AvgIpc) is 3.55. The molecule has 5 rings (SSSR count). The van der Waals surface area contributed by atoms with Crippen LogP contribution in [-0.2, 0) is 9.84 Å². The molecule has 11 heteroatoms. The van der Waals surface area contributed by atoms with Crippen molar-refractivity contribution in [2.24, 2.45) is 0 Å². The molecule has 0 aliphatic carbocycles. The van der Waals surface area contributed by atoms with Crippen LogP contribution in [0, 0.1) is 0 Å². The van der Waals surface area contributed by atoms with E-state index in [1.165, 1.54) is 0 Å². The number of carboxylic acid groups (broad SMARTS) is 1. The van der Waals surface area contributed by atoms with E-state index in [4.69, 9.17) is 14.6 Å². The second-order valence-electron chi connectivity index (χ2n) is 9.15. The number of aromatic amines is 1. The van der Waals surface area contributed by atoms with Gasteiger partial charge in [-0.3, -0.25) is 0 Å². The van der Waals surface area contributed by atoms with Crippen molar-refractivity contribution < 1.29 is 22.8 Å². The Hall–Kier alpha value is -4.51. The van der Waals surface area contributed by atoms with Crippen molar-refractivity contribution in [2.45, 2.75) is 37.0 Å². The molecule has 5 aromatic rings. The van der Waals surface area contributed by atoms with E-state index < -0.39 is 21.2 Å². The number of carbonyl (C=O) groups is 1. The third-order valence-electron chi connectivity index (χ3n) is 6.28. The van der Waals surface area contributed by atoms with E-state index in [0.29, 0.717) is 33.9 Å². The fourth-order valence-electron chi connectivity index (χ4n) is 4.08. The molecule has 0 aliphatic rings. The van der Waals surface area contributed by atoms with Gasteiger partial charge in [0.1, 0.15) is 11.2 Å². The first-order valence-electron chi connectivity index (χ1n) is 11.9. The van der Waals surface area contributed by atoms with E-state index in [0.717, 1.165) is 16.7 Å². The van der Waals surface area contributed by atoms with Gasteiger partial charge in [-0.05, 0) is 44.5 Å². The van der Waals surface area contributed by atoms with Crippen LogP contribution in [0.1, 0.15) is 32.4 Å². The Morgan fingerprint density at radius 1 is 1.03 bits per heavy atom. The molecule has 0 radical (unpaired) electrons. The largest absolute Gasteiger partial charge is 0.465 e. The van der Waals surface area contributed by atoms with Crippen molar-refractivity contribution in [1.82, 2.24) is 25.4 Å². The van der Waals surface area contributed by atoms with Crippen molar-refractivity contribution in [3.8, 4) is 33.8 Å². The summed E-state index contributed by atoms with van der Waals surface area (Å²) < 4.78 is 30.5. The van der Waals surface area contributed by atoms with Crippen molar-refractivity contribution in [3.63, 3.8) is 0 Å². The maximum Gasteiger partial charge on any atom is 0.405 e. The Morgan fingerprint density at radius 2 is 1.79 bits per heavy atom. The van der Waals surface area contributed by atoms with Gasteiger partial charge in [0.2, 0.25) is 0 Å². The van der Waals surface area contributed by atoms with Gasteiger partial charge in [-0.15, -0.1) is 0 Å². The zero-order valence-electron chi connectivity index (χ0n) is 20.8. The number of H-pyrrole nitrogens is 1. The van der Waals surface area contributed by atoms with E-state index in [1.54, 1.807) is 63.5 Å². The Balaban J connectivity index is 1.46. The highest BCUT2D eigenvalue weighted by Gasteiger charge is 2.20. The van der Waals surface area contributed by atoms with Crippen LogP contribution in [0.4, 0.5) is 4.79 Å². The lowest BCUT2D eigenvalue weighted by Gasteiger charge is -2.12. The average molecular weight is 532 g/mol. The first kappa shape index (κ1) is 25.2. The van der Waals surface area contributed by atoms with Gasteiger partial charge < -0.3 is 19.9 Å². The number of hydrogen-bond donors (Lipinski definition) is 3. The number of amides is 1. The highest BCUT2D eigenvalue weighted by molar-refractivity contribution is 7.92. The number of hydrogen-bond acceptors (Lipinski definition) is 7. The normalized spacial score (nSPS) is 12.6. The minimum Gasteiger partial charge on any atom is -0.465 e. The molecule has 2 aromatic carbocycles. The van der Waals surface area contributed by atoms with Crippen LogP contribution in [0.2, 0.25) is 0 Å². The first-order chi connectivity index (χ1) is 18.1. The maximum atomic E-state index is 12.4. The molecule has 0 aliphatic heterocycles. The summed E-state index contributed by atoms with van der Waals surface area (Å²) in [6.45, 7) is 5.07. The Morgan fingerprint density at radius 3 is 2.50 bits per heavy atom. The Bertz CT molecular complexity index is 1740. The number of fused-ring (bicyclic) bond motifs is 1. The van der Waals surface area contributed by atoms with Crippen LogP contribution in [0.25, 0.3) is 45.0 Å². The molecule has 3 aromatic heterocycles. The topological polar surface area (TPSA) is 151 Å². The highest BCUT2D eigenvalue weighted by atomic mass is 32.2. The lowest BCUT2D eigenvalue weighted by Crippen LogP contribution is -2.24. The molecule has 194 valence electrons. The first-order valence-corrected chi connectivity index (χ1v) is 13.4. The van der Waals surface area contributed by atoms with Crippen molar-refractivity contribution >= 4 is 27.1 Å². The molecule has 0 bridgehead atoms. The van der Waals surface area contributed by atoms with Gasteiger partial charge in [0.25, 0.3) is 0 Å². The number of sulfone groups is 1. The van der Waals surface area contributed by atoms with Gasteiger partial charge in [-0.2, -0.15) is 0 Å². The second-order valence-corrected chi connectivity index (χ2v) is 11.7. The fraction of sp³-hybridized carbons (Fsp3) is 0.185. The van der Waals surface area contributed by atoms with Gasteiger partial charge in [-0.1, -0.05) is 35.5 Å². The van der Waals surface area contributed by atoms with Crippen molar-refractivity contribution in [1.29, 1.82) is 0 Å². The molecule has 1 atom stereocenters. The SMILES string of the molecule is CC(NC(=O)O)c1cccc(-c2cc(-c3c[nH]c4ncc(-c5ccc(S(=O)(=O)C(C)C)cc5)nc34)on2)c1.